The van der Waals surface area contributed by atoms with Gasteiger partial charge in [0.1, 0.15) is 12.4 Å². The number of rotatable bonds is 4. The topological polar surface area (TPSA) is 58.6 Å². The highest BCUT2D eigenvalue weighted by Gasteiger charge is 2.48. The van der Waals surface area contributed by atoms with Crippen LogP contribution in [-0.4, -0.2) is 18.0 Å². The normalized spacial score (nSPS) is 23.3. The van der Waals surface area contributed by atoms with E-state index in [9.17, 15) is 14.0 Å². The average molecular weight is 396 g/mol. The Morgan fingerprint density at radius 2 is 1.90 bits per heavy atom. The van der Waals surface area contributed by atoms with Gasteiger partial charge < -0.3 is 15.0 Å². The van der Waals surface area contributed by atoms with Gasteiger partial charge in [-0.25, -0.2) is 9.18 Å². The molecular formula is C23H25FN2O3. The fourth-order valence-corrected chi connectivity index (χ4v) is 4.43. The number of ether oxygens (including phenoxy) is 1. The molecule has 0 saturated heterocycles. The van der Waals surface area contributed by atoms with Crippen LogP contribution in [0.25, 0.3) is 0 Å². The zero-order valence-electron chi connectivity index (χ0n) is 16.6. The molecule has 2 aromatic carbocycles. The van der Waals surface area contributed by atoms with Gasteiger partial charge in [-0.05, 0) is 42.5 Å². The Balaban J connectivity index is 1.59. The molecule has 1 heterocycles. The van der Waals surface area contributed by atoms with E-state index < -0.39 is 18.0 Å². The monoisotopic (exact) mass is 396 g/mol. The van der Waals surface area contributed by atoms with Crippen LogP contribution in [0.2, 0.25) is 0 Å². The van der Waals surface area contributed by atoms with E-state index in [0.717, 1.165) is 18.4 Å². The van der Waals surface area contributed by atoms with E-state index in [2.05, 4.69) is 5.32 Å². The maximum absolute atomic E-state index is 14.1. The summed E-state index contributed by atoms with van der Waals surface area (Å²) in [6.07, 6.45) is 1.56. The first-order chi connectivity index (χ1) is 14.0. The molecule has 3 atom stereocenters. The first kappa shape index (κ1) is 19.4. The van der Waals surface area contributed by atoms with E-state index in [0.29, 0.717) is 17.2 Å². The molecule has 1 saturated carbocycles. The number of carbonyl (C=O) groups is 2. The molecule has 2 amide bonds. The summed E-state index contributed by atoms with van der Waals surface area (Å²) in [5.41, 5.74) is 2.17. The molecule has 0 spiro atoms. The Kier molecular flexibility index (Phi) is 5.26. The van der Waals surface area contributed by atoms with Gasteiger partial charge >= 0.3 is 6.09 Å². The fraction of sp³-hybridized carbons (Fsp3) is 0.391. The van der Waals surface area contributed by atoms with Gasteiger partial charge in [-0.1, -0.05) is 37.3 Å². The molecule has 2 aromatic rings. The van der Waals surface area contributed by atoms with E-state index >= 15 is 0 Å². The van der Waals surface area contributed by atoms with Gasteiger partial charge in [0.05, 0.1) is 6.04 Å². The Bertz CT molecular complexity index is 914. The Morgan fingerprint density at radius 3 is 2.55 bits per heavy atom. The number of alkyl carbamates (subject to hydrolysis) is 1. The van der Waals surface area contributed by atoms with Crippen LogP contribution < -0.4 is 10.2 Å². The minimum atomic E-state index is -0.549. The van der Waals surface area contributed by atoms with Gasteiger partial charge in [-0.2, -0.15) is 0 Å². The van der Waals surface area contributed by atoms with Gasteiger partial charge in [0.15, 0.2) is 0 Å². The van der Waals surface area contributed by atoms with Crippen molar-refractivity contribution in [3.8, 4) is 0 Å². The van der Waals surface area contributed by atoms with Crippen LogP contribution in [0.15, 0.2) is 48.5 Å². The Hall–Kier alpha value is -2.89. The number of carbonyl (C=O) groups excluding carboxylic acids is 2. The number of halogens is 1. The van der Waals surface area contributed by atoms with Crippen LogP contribution in [0.3, 0.4) is 0 Å². The number of fused-ring (bicyclic) bond motifs is 1. The van der Waals surface area contributed by atoms with Crippen LogP contribution in [0.5, 0.6) is 0 Å². The zero-order chi connectivity index (χ0) is 20.5. The molecular weight excluding hydrogens is 371 g/mol. The Labute approximate surface area is 169 Å². The Morgan fingerprint density at radius 1 is 1.17 bits per heavy atom. The predicted molar refractivity (Wildman–Crippen MR) is 108 cm³/mol. The number of nitrogens with zero attached hydrogens (tertiary/aromatic N) is 1. The van der Waals surface area contributed by atoms with Crippen LogP contribution in [0, 0.1) is 17.7 Å². The van der Waals surface area contributed by atoms with E-state index in [1.807, 2.05) is 37.3 Å². The van der Waals surface area contributed by atoms with Gasteiger partial charge in [-0.15, -0.1) is 0 Å². The molecule has 2 aliphatic rings. The van der Waals surface area contributed by atoms with E-state index in [-0.39, 0.29) is 24.5 Å². The summed E-state index contributed by atoms with van der Waals surface area (Å²) in [5.74, 6) is -0.123. The lowest BCUT2D eigenvalue weighted by Crippen LogP contribution is -2.53. The molecule has 1 fully saturated rings. The molecule has 1 unspecified atom stereocenters. The molecule has 0 aromatic heterocycles. The summed E-state index contributed by atoms with van der Waals surface area (Å²) in [6.45, 7) is 3.71. The quantitative estimate of drug-likeness (QED) is 0.823. The average Bonchev–Trinajstić information content (AvgIpc) is 3.53. The maximum Gasteiger partial charge on any atom is 0.407 e. The third-order valence-electron chi connectivity index (χ3n) is 5.88. The second kappa shape index (κ2) is 7.85. The number of amides is 2. The minimum absolute atomic E-state index is 0.0233. The highest BCUT2D eigenvalue weighted by molar-refractivity contribution is 5.94. The highest BCUT2D eigenvalue weighted by Crippen LogP contribution is 2.49. The van der Waals surface area contributed by atoms with Crippen LogP contribution in [-0.2, 0) is 16.1 Å². The standard InChI is InChI=1S/C23H25FN2O3/c1-14-21(25-23(28)29-13-16-6-4-3-5-7-16)19-12-18(24)10-11-20(19)26(15(2)27)22(14)17-8-9-17/h3-7,10-12,14,17,21-22H,8-9,13H2,1-2H3,(H,25,28)/t14-,21?,22-/m1/s1. The lowest BCUT2D eigenvalue weighted by Gasteiger charge is -2.45. The van der Waals surface area contributed by atoms with E-state index in [1.54, 1.807) is 11.0 Å². The first-order valence-electron chi connectivity index (χ1n) is 10.0. The van der Waals surface area contributed by atoms with Crippen LogP contribution in [0.1, 0.15) is 43.9 Å². The first-order valence-corrected chi connectivity index (χ1v) is 10.0. The predicted octanol–water partition coefficient (Wildman–Crippen LogP) is 4.57. The van der Waals surface area contributed by atoms with Crippen molar-refractivity contribution in [3.05, 3.63) is 65.5 Å². The molecule has 1 N–H and O–H groups in total. The second-order valence-corrected chi connectivity index (χ2v) is 7.96. The van der Waals surface area contributed by atoms with E-state index in [4.69, 9.17) is 4.74 Å². The molecule has 0 radical (unpaired) electrons. The van der Waals surface area contributed by atoms with Crippen molar-refractivity contribution in [2.24, 2.45) is 11.8 Å². The summed E-state index contributed by atoms with van der Waals surface area (Å²) in [7, 11) is 0. The summed E-state index contributed by atoms with van der Waals surface area (Å²) in [6, 6.07) is 13.4. The van der Waals surface area contributed by atoms with Crippen molar-refractivity contribution in [2.75, 3.05) is 4.90 Å². The van der Waals surface area contributed by atoms with Gasteiger partial charge in [-0.3, -0.25) is 4.79 Å². The molecule has 1 aliphatic carbocycles. The number of nitrogens with one attached hydrogen (secondary N) is 1. The molecule has 29 heavy (non-hydrogen) atoms. The number of anilines is 1. The molecule has 6 heteroatoms. The van der Waals surface area contributed by atoms with Crippen molar-refractivity contribution in [2.45, 2.75) is 45.4 Å². The number of benzene rings is 2. The van der Waals surface area contributed by atoms with Crippen molar-refractivity contribution in [3.63, 3.8) is 0 Å². The second-order valence-electron chi connectivity index (χ2n) is 7.96. The van der Waals surface area contributed by atoms with Gasteiger partial charge in [0, 0.05) is 30.1 Å². The fourth-order valence-electron chi connectivity index (χ4n) is 4.43. The van der Waals surface area contributed by atoms with E-state index in [1.165, 1.54) is 19.1 Å². The molecule has 5 nitrogen and oxygen atoms in total. The smallest absolute Gasteiger partial charge is 0.407 e. The minimum Gasteiger partial charge on any atom is -0.445 e. The SMILES string of the molecule is CC(=O)N1c2ccc(F)cc2C(NC(=O)OCc2ccccc2)[C@@H](C)[C@@H]1C1CC1. The summed E-state index contributed by atoms with van der Waals surface area (Å²) < 4.78 is 19.4. The molecule has 4 rings (SSSR count). The molecule has 1 aliphatic heterocycles. The lowest BCUT2D eigenvalue weighted by atomic mass is 9.80. The maximum atomic E-state index is 14.1. The molecule has 152 valence electrons. The zero-order valence-corrected chi connectivity index (χ0v) is 16.6. The van der Waals surface area contributed by atoms with Crippen molar-refractivity contribution in [1.82, 2.24) is 5.32 Å². The van der Waals surface area contributed by atoms with Gasteiger partial charge in [0.2, 0.25) is 5.91 Å². The lowest BCUT2D eigenvalue weighted by molar-refractivity contribution is -0.117. The summed E-state index contributed by atoms with van der Waals surface area (Å²) >= 11 is 0. The third kappa shape index (κ3) is 3.97. The van der Waals surface area contributed by atoms with Crippen molar-refractivity contribution < 1.29 is 18.7 Å². The highest BCUT2D eigenvalue weighted by atomic mass is 19.1. The summed E-state index contributed by atoms with van der Waals surface area (Å²) in [5, 5.41) is 2.93. The van der Waals surface area contributed by atoms with Crippen LogP contribution in [0.4, 0.5) is 14.9 Å². The van der Waals surface area contributed by atoms with Gasteiger partial charge in [0.25, 0.3) is 0 Å². The number of hydrogen-bond acceptors (Lipinski definition) is 3. The summed E-state index contributed by atoms with van der Waals surface area (Å²) in [4.78, 5) is 26.8. The van der Waals surface area contributed by atoms with Crippen molar-refractivity contribution >= 4 is 17.7 Å². The molecule has 0 bridgehead atoms. The van der Waals surface area contributed by atoms with Crippen LogP contribution >= 0.6 is 0 Å². The van der Waals surface area contributed by atoms with Crippen molar-refractivity contribution in [1.29, 1.82) is 0 Å². The third-order valence-corrected chi connectivity index (χ3v) is 5.88. The number of hydrogen-bond donors (Lipinski definition) is 1. The largest absolute Gasteiger partial charge is 0.445 e.